The number of aryl methyl sites for hydroxylation is 1. The van der Waals surface area contributed by atoms with E-state index in [9.17, 15) is 4.79 Å². The molecular weight excluding hydrogens is 256 g/mol. The minimum absolute atomic E-state index is 0.0601. The number of ketones is 1. The van der Waals surface area contributed by atoms with Crippen molar-refractivity contribution in [2.75, 3.05) is 7.11 Å². The van der Waals surface area contributed by atoms with Crippen molar-refractivity contribution in [3.8, 4) is 5.75 Å². The van der Waals surface area contributed by atoms with Crippen molar-refractivity contribution in [3.05, 3.63) is 29.3 Å². The average Bonchev–Trinajstić information content (AvgIpc) is 2.40. The normalized spacial score (nSPS) is 20.7. The lowest BCUT2D eigenvalue weighted by Gasteiger charge is -2.11. The van der Waals surface area contributed by atoms with Crippen LogP contribution >= 0.6 is 15.9 Å². The molecule has 1 aromatic carbocycles. The van der Waals surface area contributed by atoms with Crippen LogP contribution < -0.4 is 4.74 Å². The maximum atomic E-state index is 12.1. The van der Waals surface area contributed by atoms with E-state index >= 15 is 0 Å². The van der Waals surface area contributed by atoms with E-state index < -0.39 is 0 Å². The monoisotopic (exact) mass is 268 g/mol. The summed E-state index contributed by atoms with van der Waals surface area (Å²) in [6, 6.07) is 5.81. The SMILES string of the molecule is COc1cccc2c1C(=O)C(Br)CCC2. The van der Waals surface area contributed by atoms with E-state index in [0.717, 1.165) is 30.4 Å². The van der Waals surface area contributed by atoms with E-state index in [2.05, 4.69) is 15.9 Å². The van der Waals surface area contributed by atoms with Gasteiger partial charge in [0.05, 0.1) is 17.5 Å². The van der Waals surface area contributed by atoms with Crippen LogP contribution in [-0.4, -0.2) is 17.7 Å². The van der Waals surface area contributed by atoms with Gasteiger partial charge in [0, 0.05) is 0 Å². The molecule has 0 aromatic heterocycles. The van der Waals surface area contributed by atoms with Crippen LogP contribution in [0.25, 0.3) is 0 Å². The van der Waals surface area contributed by atoms with Gasteiger partial charge in [-0.05, 0) is 30.9 Å². The topological polar surface area (TPSA) is 26.3 Å². The van der Waals surface area contributed by atoms with Gasteiger partial charge < -0.3 is 4.74 Å². The van der Waals surface area contributed by atoms with Crippen molar-refractivity contribution in [1.82, 2.24) is 0 Å². The smallest absolute Gasteiger partial charge is 0.180 e. The summed E-state index contributed by atoms with van der Waals surface area (Å²) in [7, 11) is 1.61. The molecule has 1 aliphatic carbocycles. The fourth-order valence-electron chi connectivity index (χ4n) is 1.99. The molecule has 1 aliphatic rings. The van der Waals surface area contributed by atoms with Gasteiger partial charge in [0.25, 0.3) is 0 Å². The van der Waals surface area contributed by atoms with Crippen LogP contribution in [0.3, 0.4) is 0 Å². The number of hydrogen-bond donors (Lipinski definition) is 0. The third-order valence-corrected chi connectivity index (χ3v) is 3.64. The number of halogens is 1. The molecule has 0 amide bonds. The lowest BCUT2D eigenvalue weighted by Crippen LogP contribution is -2.14. The molecule has 2 rings (SSSR count). The van der Waals surface area contributed by atoms with Crippen LogP contribution in [0.5, 0.6) is 5.75 Å². The molecule has 0 N–H and O–H groups in total. The lowest BCUT2D eigenvalue weighted by atomic mass is 10.0. The molecule has 0 radical (unpaired) electrons. The first-order valence-corrected chi connectivity index (χ1v) is 5.99. The van der Waals surface area contributed by atoms with E-state index in [-0.39, 0.29) is 10.6 Å². The highest BCUT2D eigenvalue weighted by molar-refractivity contribution is 9.10. The molecule has 0 aliphatic heterocycles. The zero-order chi connectivity index (χ0) is 10.8. The molecule has 0 bridgehead atoms. The third kappa shape index (κ3) is 1.93. The van der Waals surface area contributed by atoms with Crippen LogP contribution in [0, 0.1) is 0 Å². The highest BCUT2D eigenvalue weighted by Gasteiger charge is 2.26. The molecule has 3 heteroatoms. The summed E-state index contributed by atoms with van der Waals surface area (Å²) >= 11 is 3.43. The van der Waals surface area contributed by atoms with Crippen LogP contribution in [0.15, 0.2) is 18.2 Å². The summed E-state index contributed by atoms with van der Waals surface area (Å²) in [6.07, 6.45) is 2.90. The Labute approximate surface area is 97.8 Å². The van der Waals surface area contributed by atoms with Gasteiger partial charge in [0.15, 0.2) is 5.78 Å². The molecule has 2 nitrogen and oxygen atoms in total. The predicted molar refractivity (Wildman–Crippen MR) is 63.0 cm³/mol. The van der Waals surface area contributed by atoms with Gasteiger partial charge in [0.1, 0.15) is 5.75 Å². The fraction of sp³-hybridized carbons (Fsp3) is 0.417. The molecule has 80 valence electrons. The van der Waals surface area contributed by atoms with Crippen molar-refractivity contribution < 1.29 is 9.53 Å². The van der Waals surface area contributed by atoms with Crippen molar-refractivity contribution in [3.63, 3.8) is 0 Å². The van der Waals surface area contributed by atoms with Crippen LogP contribution in [0.4, 0.5) is 0 Å². The lowest BCUT2D eigenvalue weighted by molar-refractivity contribution is 0.0987. The summed E-state index contributed by atoms with van der Waals surface area (Å²) in [6.45, 7) is 0. The summed E-state index contributed by atoms with van der Waals surface area (Å²) < 4.78 is 5.25. The average molecular weight is 269 g/mol. The molecule has 0 heterocycles. The Bertz CT molecular complexity index is 387. The van der Waals surface area contributed by atoms with E-state index in [1.54, 1.807) is 7.11 Å². The zero-order valence-electron chi connectivity index (χ0n) is 8.63. The Hall–Kier alpha value is -0.830. The second-order valence-corrected chi connectivity index (χ2v) is 4.82. The Morgan fingerprint density at radius 2 is 2.27 bits per heavy atom. The van der Waals surface area contributed by atoms with Gasteiger partial charge in [0.2, 0.25) is 0 Å². The highest BCUT2D eigenvalue weighted by atomic mass is 79.9. The van der Waals surface area contributed by atoms with E-state index in [0.29, 0.717) is 5.75 Å². The van der Waals surface area contributed by atoms with Gasteiger partial charge in [-0.2, -0.15) is 0 Å². The van der Waals surface area contributed by atoms with Gasteiger partial charge in [-0.1, -0.05) is 28.1 Å². The van der Waals surface area contributed by atoms with Gasteiger partial charge >= 0.3 is 0 Å². The van der Waals surface area contributed by atoms with Gasteiger partial charge in [-0.3, -0.25) is 4.79 Å². The van der Waals surface area contributed by atoms with Crippen LogP contribution in [-0.2, 0) is 6.42 Å². The quantitative estimate of drug-likeness (QED) is 0.578. The summed E-state index contributed by atoms with van der Waals surface area (Å²) in [5.74, 6) is 0.851. The van der Waals surface area contributed by atoms with E-state index in [1.807, 2.05) is 18.2 Å². The Kier molecular flexibility index (Phi) is 3.10. The number of carbonyl (C=O) groups is 1. The van der Waals surface area contributed by atoms with Crippen molar-refractivity contribution in [2.45, 2.75) is 24.1 Å². The van der Waals surface area contributed by atoms with Crippen molar-refractivity contribution >= 4 is 21.7 Å². The zero-order valence-corrected chi connectivity index (χ0v) is 10.2. The molecule has 0 spiro atoms. The van der Waals surface area contributed by atoms with Crippen LogP contribution in [0.2, 0.25) is 0 Å². The van der Waals surface area contributed by atoms with Crippen LogP contribution in [0.1, 0.15) is 28.8 Å². The molecule has 15 heavy (non-hydrogen) atoms. The largest absolute Gasteiger partial charge is 0.496 e. The molecule has 0 saturated heterocycles. The standard InChI is InChI=1S/C12H13BrO2/c1-15-10-7-3-5-8-4-2-6-9(13)12(14)11(8)10/h3,5,7,9H,2,4,6H2,1H3. The number of benzene rings is 1. The van der Waals surface area contributed by atoms with E-state index in [4.69, 9.17) is 4.74 Å². The summed E-state index contributed by atoms with van der Waals surface area (Å²) in [4.78, 5) is 12.0. The second-order valence-electron chi connectivity index (χ2n) is 3.72. The molecular formula is C12H13BrO2. The minimum atomic E-state index is -0.0601. The van der Waals surface area contributed by atoms with E-state index in [1.165, 1.54) is 0 Å². The number of alkyl halides is 1. The second kappa shape index (κ2) is 4.35. The predicted octanol–water partition coefficient (Wildman–Crippen LogP) is 2.98. The number of fused-ring (bicyclic) bond motifs is 1. The Morgan fingerprint density at radius 1 is 1.47 bits per heavy atom. The van der Waals surface area contributed by atoms with Gasteiger partial charge in [-0.15, -0.1) is 0 Å². The maximum absolute atomic E-state index is 12.1. The highest BCUT2D eigenvalue weighted by Crippen LogP contribution is 2.31. The number of rotatable bonds is 1. The first-order chi connectivity index (χ1) is 7.24. The minimum Gasteiger partial charge on any atom is -0.496 e. The summed E-state index contributed by atoms with van der Waals surface area (Å²) in [5.41, 5.74) is 1.88. The van der Waals surface area contributed by atoms with Crippen molar-refractivity contribution in [1.29, 1.82) is 0 Å². The first-order valence-electron chi connectivity index (χ1n) is 5.08. The third-order valence-electron chi connectivity index (χ3n) is 2.77. The molecule has 1 unspecified atom stereocenters. The number of hydrogen-bond acceptors (Lipinski definition) is 2. The fourth-order valence-corrected chi connectivity index (χ4v) is 2.55. The molecule has 0 fully saturated rings. The van der Waals surface area contributed by atoms with Crippen molar-refractivity contribution in [2.24, 2.45) is 0 Å². The summed E-state index contributed by atoms with van der Waals surface area (Å²) in [5, 5.41) is 0. The number of methoxy groups -OCH3 is 1. The van der Waals surface area contributed by atoms with Gasteiger partial charge in [-0.25, -0.2) is 0 Å². The number of Topliss-reactive ketones (excluding diaryl/α,β-unsaturated/α-hetero) is 1. The first kappa shape index (κ1) is 10.7. The maximum Gasteiger partial charge on any atom is 0.180 e. The molecule has 1 aromatic rings. The molecule has 1 atom stereocenters. The number of carbonyl (C=O) groups excluding carboxylic acids is 1. The number of ether oxygens (including phenoxy) is 1. The molecule has 0 saturated carbocycles. The Morgan fingerprint density at radius 3 is 3.00 bits per heavy atom. The Balaban J connectivity index is 2.54.